The minimum atomic E-state index is -1.33. The van der Waals surface area contributed by atoms with Gasteiger partial charge in [0.2, 0.25) is 5.91 Å². The molecule has 3 N–H and O–H groups in total. The molecule has 2 atom stereocenters. The first-order valence-corrected chi connectivity index (χ1v) is 12.5. The molecule has 208 valence electrons. The number of nitrogens with one attached hydrogen (secondary N) is 2. The van der Waals surface area contributed by atoms with Gasteiger partial charge in [0.25, 0.3) is 5.91 Å². The summed E-state index contributed by atoms with van der Waals surface area (Å²) in [4.78, 5) is 41.7. The van der Waals surface area contributed by atoms with Crippen LogP contribution in [0.25, 0.3) is 0 Å². The average Bonchev–Trinajstić information content (AvgIpc) is 2.79. The molecule has 2 rings (SSSR count). The first kappa shape index (κ1) is 30.6. The molecule has 0 fully saturated rings. The summed E-state index contributed by atoms with van der Waals surface area (Å²) in [6.45, 7) is 13.6. The van der Waals surface area contributed by atoms with Gasteiger partial charge in [0, 0.05) is 11.2 Å². The topological polar surface area (TPSA) is 117 Å². The smallest absolute Gasteiger partial charge is 0.408 e. The number of hydrogen-bond acceptors (Lipinski definition) is 6. The second kappa shape index (κ2) is 12.3. The molecule has 3 amide bonds. The van der Waals surface area contributed by atoms with E-state index in [1.807, 2.05) is 32.0 Å². The van der Waals surface area contributed by atoms with Crippen LogP contribution in [0.3, 0.4) is 0 Å². The number of alkyl carbamates (subject to hydrolysis) is 1. The van der Waals surface area contributed by atoms with Gasteiger partial charge in [-0.05, 0) is 90.8 Å². The molecule has 0 aliphatic heterocycles. The Morgan fingerprint density at radius 3 is 2.05 bits per heavy atom. The average molecular weight is 528 g/mol. The van der Waals surface area contributed by atoms with Crippen LogP contribution in [-0.2, 0) is 14.3 Å². The van der Waals surface area contributed by atoms with Gasteiger partial charge in [-0.1, -0.05) is 23.8 Å². The van der Waals surface area contributed by atoms with E-state index in [2.05, 4.69) is 10.6 Å². The van der Waals surface area contributed by atoms with Crippen molar-refractivity contribution in [1.29, 1.82) is 0 Å². The molecular formula is C29H41N3O6. The summed E-state index contributed by atoms with van der Waals surface area (Å²) in [6.07, 6.45) is -0.843. The van der Waals surface area contributed by atoms with E-state index in [1.165, 1.54) is 4.90 Å². The second-order valence-corrected chi connectivity index (χ2v) is 11.2. The third-order valence-corrected chi connectivity index (χ3v) is 5.72. The molecule has 0 spiro atoms. The minimum Gasteiger partial charge on any atom is -0.497 e. The molecule has 0 saturated heterocycles. The van der Waals surface area contributed by atoms with Crippen molar-refractivity contribution in [2.24, 2.45) is 0 Å². The first-order valence-electron chi connectivity index (χ1n) is 12.5. The molecule has 9 heteroatoms. The van der Waals surface area contributed by atoms with E-state index in [-0.39, 0.29) is 0 Å². The van der Waals surface area contributed by atoms with E-state index >= 15 is 0 Å². The number of benzene rings is 2. The van der Waals surface area contributed by atoms with Crippen molar-refractivity contribution >= 4 is 23.6 Å². The number of methoxy groups -OCH3 is 1. The highest BCUT2D eigenvalue weighted by Crippen LogP contribution is 2.33. The SMILES string of the molecule is COc1ccc(NC(=O)C(c2ccc(C)cc2C)N(C(=O)C(CO)NC(=O)OC(C)(C)C)C(C)(C)C)cc1. The van der Waals surface area contributed by atoms with Gasteiger partial charge in [-0.2, -0.15) is 0 Å². The van der Waals surface area contributed by atoms with Crippen LogP contribution < -0.4 is 15.4 Å². The van der Waals surface area contributed by atoms with E-state index < -0.39 is 47.7 Å². The third-order valence-electron chi connectivity index (χ3n) is 5.72. The summed E-state index contributed by atoms with van der Waals surface area (Å²) in [5.41, 5.74) is 1.31. The zero-order valence-corrected chi connectivity index (χ0v) is 23.8. The highest BCUT2D eigenvalue weighted by Gasteiger charge is 2.42. The summed E-state index contributed by atoms with van der Waals surface area (Å²) in [5, 5.41) is 15.5. The lowest BCUT2D eigenvalue weighted by Gasteiger charge is -2.43. The molecular weight excluding hydrogens is 486 g/mol. The summed E-state index contributed by atoms with van der Waals surface area (Å²) in [6, 6.07) is 10.1. The van der Waals surface area contributed by atoms with Crippen LogP contribution in [0, 0.1) is 13.8 Å². The predicted octanol–water partition coefficient (Wildman–Crippen LogP) is 4.50. The monoisotopic (exact) mass is 527 g/mol. The number of carbonyl (C=O) groups excluding carboxylic acids is 3. The van der Waals surface area contributed by atoms with E-state index in [4.69, 9.17) is 9.47 Å². The number of amides is 3. The lowest BCUT2D eigenvalue weighted by atomic mass is 9.92. The van der Waals surface area contributed by atoms with Crippen LogP contribution in [0.15, 0.2) is 42.5 Å². The zero-order chi connectivity index (χ0) is 28.8. The van der Waals surface area contributed by atoms with E-state index in [0.29, 0.717) is 17.0 Å². The second-order valence-electron chi connectivity index (χ2n) is 11.2. The molecule has 2 unspecified atom stereocenters. The molecule has 0 aliphatic carbocycles. The Labute approximate surface area is 225 Å². The number of hydrogen-bond donors (Lipinski definition) is 3. The molecule has 0 bridgehead atoms. The number of aliphatic hydroxyl groups excluding tert-OH is 1. The summed E-state index contributed by atoms with van der Waals surface area (Å²) in [7, 11) is 1.56. The molecule has 0 aliphatic rings. The normalized spacial score (nSPS) is 13.2. The Morgan fingerprint density at radius 1 is 0.974 bits per heavy atom. The highest BCUT2D eigenvalue weighted by molar-refractivity contribution is 5.99. The van der Waals surface area contributed by atoms with Crippen molar-refractivity contribution in [1.82, 2.24) is 10.2 Å². The van der Waals surface area contributed by atoms with Gasteiger partial charge in [0.1, 0.15) is 23.4 Å². The van der Waals surface area contributed by atoms with Crippen molar-refractivity contribution in [2.45, 2.75) is 78.6 Å². The van der Waals surface area contributed by atoms with Crippen molar-refractivity contribution in [3.63, 3.8) is 0 Å². The Balaban J connectivity index is 2.56. The van der Waals surface area contributed by atoms with Crippen LogP contribution in [0.2, 0.25) is 0 Å². The van der Waals surface area contributed by atoms with Crippen LogP contribution >= 0.6 is 0 Å². The summed E-state index contributed by atoms with van der Waals surface area (Å²) >= 11 is 0. The molecule has 0 aromatic heterocycles. The van der Waals surface area contributed by atoms with Gasteiger partial charge in [-0.3, -0.25) is 9.59 Å². The Bertz CT molecular complexity index is 1130. The fraction of sp³-hybridized carbons (Fsp3) is 0.483. The van der Waals surface area contributed by atoms with Crippen LogP contribution in [-0.4, -0.2) is 58.8 Å². The summed E-state index contributed by atoms with van der Waals surface area (Å²) in [5.74, 6) is -0.431. The van der Waals surface area contributed by atoms with Crippen molar-refractivity contribution < 1.29 is 29.0 Å². The van der Waals surface area contributed by atoms with Crippen LogP contribution in [0.5, 0.6) is 5.75 Å². The number of aryl methyl sites for hydroxylation is 2. The van der Waals surface area contributed by atoms with E-state index in [0.717, 1.165) is 11.1 Å². The Kier molecular flexibility index (Phi) is 9.92. The molecule has 0 heterocycles. The molecule has 2 aromatic rings. The summed E-state index contributed by atoms with van der Waals surface area (Å²) < 4.78 is 10.5. The quantitative estimate of drug-likeness (QED) is 0.465. The lowest BCUT2D eigenvalue weighted by Crippen LogP contribution is -2.59. The third kappa shape index (κ3) is 8.21. The largest absolute Gasteiger partial charge is 0.497 e. The maximum Gasteiger partial charge on any atom is 0.408 e. The van der Waals surface area contributed by atoms with Crippen LogP contribution in [0.4, 0.5) is 10.5 Å². The van der Waals surface area contributed by atoms with Gasteiger partial charge in [-0.25, -0.2) is 4.79 Å². The lowest BCUT2D eigenvalue weighted by molar-refractivity contribution is -0.147. The van der Waals surface area contributed by atoms with Crippen molar-refractivity contribution in [2.75, 3.05) is 19.0 Å². The standard InChI is InChI=1S/C29H41N3O6/c1-18-10-15-22(19(2)16-18)24(25(34)30-20-11-13-21(37-9)14-12-20)32(28(3,4)5)26(35)23(17-33)31-27(36)38-29(6,7)8/h10-16,23-24,33H,17H2,1-9H3,(H,30,34)(H,31,36). The minimum absolute atomic E-state index is 0.445. The molecule has 0 saturated carbocycles. The highest BCUT2D eigenvalue weighted by atomic mass is 16.6. The number of rotatable bonds is 8. The van der Waals surface area contributed by atoms with Crippen molar-refractivity contribution in [3.8, 4) is 5.75 Å². The number of carbonyl (C=O) groups is 3. The fourth-order valence-corrected chi connectivity index (χ4v) is 4.06. The molecule has 2 aromatic carbocycles. The maximum atomic E-state index is 14.0. The molecule has 38 heavy (non-hydrogen) atoms. The fourth-order valence-electron chi connectivity index (χ4n) is 4.06. The van der Waals surface area contributed by atoms with Gasteiger partial charge >= 0.3 is 6.09 Å². The van der Waals surface area contributed by atoms with Gasteiger partial charge in [0.05, 0.1) is 13.7 Å². The Morgan fingerprint density at radius 2 is 1.58 bits per heavy atom. The zero-order valence-electron chi connectivity index (χ0n) is 23.8. The molecule has 0 radical (unpaired) electrons. The van der Waals surface area contributed by atoms with Gasteiger partial charge in [-0.15, -0.1) is 0 Å². The maximum absolute atomic E-state index is 14.0. The van der Waals surface area contributed by atoms with E-state index in [9.17, 15) is 19.5 Å². The van der Waals surface area contributed by atoms with Crippen molar-refractivity contribution in [3.05, 3.63) is 59.2 Å². The van der Waals surface area contributed by atoms with Crippen LogP contribution in [0.1, 0.15) is 64.3 Å². The number of anilines is 1. The Hall–Kier alpha value is -3.59. The number of nitrogens with zero attached hydrogens (tertiary/aromatic N) is 1. The van der Waals surface area contributed by atoms with Gasteiger partial charge in [0.15, 0.2) is 0 Å². The number of ether oxygens (including phenoxy) is 2. The predicted molar refractivity (Wildman–Crippen MR) is 147 cm³/mol. The van der Waals surface area contributed by atoms with E-state index in [1.54, 1.807) is 72.9 Å². The molecule has 9 nitrogen and oxygen atoms in total. The van der Waals surface area contributed by atoms with Gasteiger partial charge < -0.3 is 30.1 Å². The number of aliphatic hydroxyl groups is 1. The first-order chi connectivity index (χ1) is 17.6.